The summed E-state index contributed by atoms with van der Waals surface area (Å²) in [5.41, 5.74) is -2.01. The van der Waals surface area contributed by atoms with Crippen LogP contribution in [0.25, 0.3) is 0 Å². The van der Waals surface area contributed by atoms with E-state index in [1.807, 2.05) is 0 Å². The zero-order valence-corrected chi connectivity index (χ0v) is 19.7. The third kappa shape index (κ3) is 6.08. The summed E-state index contributed by atoms with van der Waals surface area (Å²) < 4.78 is 87.7. The Balaban J connectivity index is 1.89. The molecule has 1 amide bonds. The Morgan fingerprint density at radius 1 is 1.17 bits per heavy atom. The van der Waals surface area contributed by atoms with Crippen molar-refractivity contribution < 1.29 is 45.4 Å². The molecule has 1 unspecified atom stereocenters. The first-order valence-electron chi connectivity index (χ1n) is 10.6. The maximum absolute atomic E-state index is 14.6. The van der Waals surface area contributed by atoms with E-state index in [0.717, 1.165) is 29.4 Å². The molecule has 0 radical (unpaired) electrons. The molecule has 0 spiro atoms. The van der Waals surface area contributed by atoms with Gasteiger partial charge >= 0.3 is 5.97 Å². The second-order valence-electron chi connectivity index (χ2n) is 8.69. The number of ether oxygens (including phenoxy) is 1. The van der Waals surface area contributed by atoms with Crippen LogP contribution in [0, 0.1) is 5.82 Å². The fourth-order valence-electron chi connectivity index (χ4n) is 3.94. The number of hydrogen-bond acceptors (Lipinski definition) is 6. The fraction of sp³-hybridized carbons (Fsp3) is 0.455. The van der Waals surface area contributed by atoms with Gasteiger partial charge in [0.25, 0.3) is 5.91 Å². The summed E-state index contributed by atoms with van der Waals surface area (Å²) >= 11 is 0. The number of rotatable bonds is 5. The van der Waals surface area contributed by atoms with Gasteiger partial charge in [-0.3, -0.25) is 9.59 Å². The van der Waals surface area contributed by atoms with Crippen LogP contribution in [0.15, 0.2) is 46.7 Å². The lowest BCUT2D eigenvalue weighted by Gasteiger charge is -2.29. The lowest BCUT2D eigenvalue weighted by Crippen LogP contribution is -2.46. The van der Waals surface area contributed by atoms with Crippen molar-refractivity contribution in [3.05, 3.63) is 53.1 Å². The average molecular weight is 521 g/mol. The Labute approximate surface area is 199 Å². The van der Waals surface area contributed by atoms with Crippen LogP contribution in [0.5, 0.6) is 0 Å². The number of aliphatic hydroxyl groups is 1. The van der Waals surface area contributed by atoms with Crippen molar-refractivity contribution in [2.24, 2.45) is 0 Å². The number of nitrogens with zero attached hydrogens (tertiary/aromatic N) is 1. The summed E-state index contributed by atoms with van der Waals surface area (Å²) in [4.78, 5) is 23.2. The molecule has 8 nitrogen and oxygen atoms in total. The highest BCUT2D eigenvalue weighted by Crippen LogP contribution is 2.34. The molecule has 1 fully saturated rings. The van der Waals surface area contributed by atoms with E-state index in [1.54, 1.807) is 0 Å². The van der Waals surface area contributed by atoms with E-state index in [1.165, 1.54) is 6.92 Å². The second kappa shape index (κ2) is 10.1. The van der Waals surface area contributed by atoms with Gasteiger partial charge < -0.3 is 15.2 Å². The van der Waals surface area contributed by atoms with Gasteiger partial charge in [-0.2, -0.15) is 4.31 Å². The van der Waals surface area contributed by atoms with Gasteiger partial charge in [0.1, 0.15) is 22.6 Å². The number of sulfonamides is 1. The molecule has 35 heavy (non-hydrogen) atoms. The first-order valence-corrected chi connectivity index (χ1v) is 12.1. The minimum atomic E-state index is -4.61. The second-order valence-corrected chi connectivity index (χ2v) is 10.6. The predicted molar refractivity (Wildman–Crippen MR) is 115 cm³/mol. The van der Waals surface area contributed by atoms with Gasteiger partial charge in [-0.1, -0.05) is 0 Å². The van der Waals surface area contributed by atoms with Crippen molar-refractivity contribution in [2.75, 3.05) is 13.1 Å². The number of benzene rings is 1. The molecule has 192 valence electrons. The number of β-amino-alcohol motifs (C(OH)–C–C–N with tert-alkyl or cyclic N) is 1. The van der Waals surface area contributed by atoms with Crippen molar-refractivity contribution in [3.63, 3.8) is 0 Å². The molecule has 1 aromatic rings. The molecule has 2 N–H and O–H groups in total. The van der Waals surface area contributed by atoms with Crippen molar-refractivity contribution in [2.45, 2.75) is 55.8 Å². The van der Waals surface area contributed by atoms with Gasteiger partial charge in [0.2, 0.25) is 10.0 Å². The smallest absolute Gasteiger partial charge is 0.302 e. The summed E-state index contributed by atoms with van der Waals surface area (Å²) in [6.45, 7) is 1.64. The number of nitrogens with one attached hydrogen (secondary N) is 1. The van der Waals surface area contributed by atoms with Gasteiger partial charge in [-0.05, 0) is 44.0 Å². The van der Waals surface area contributed by atoms with E-state index >= 15 is 0 Å². The average Bonchev–Trinajstić information content (AvgIpc) is 2.93. The normalized spacial score (nSPS) is 26.1. The summed E-state index contributed by atoms with van der Waals surface area (Å²) in [6, 6.07) is 2.46. The predicted octanol–water partition coefficient (Wildman–Crippen LogP) is 2.80. The number of amides is 1. The monoisotopic (exact) mass is 520 g/mol. The van der Waals surface area contributed by atoms with Gasteiger partial charge in [-0.25, -0.2) is 26.0 Å². The van der Waals surface area contributed by atoms with Crippen LogP contribution in [-0.2, 0) is 19.6 Å². The zero-order valence-electron chi connectivity index (χ0n) is 18.9. The van der Waals surface area contributed by atoms with E-state index in [-0.39, 0.29) is 24.9 Å². The van der Waals surface area contributed by atoms with Crippen molar-refractivity contribution in [1.82, 2.24) is 9.62 Å². The molecule has 1 aliphatic carbocycles. The standard InChI is InChI=1S/C22H24F4N2O6S/c1-12(29)34-15-5-4-14(30)10-28(11-15)35(32,33)19-7-13(3-6-16(19)23)21(31)27-22(2)8-17(24)20(26)18(25)9-22/h3,6-8,14-15,30H,4-5,9-11H2,1-2H3,(H,27,31)/t14-,15+,22?/m0/s1. The lowest BCUT2D eigenvalue weighted by atomic mass is 9.91. The highest BCUT2D eigenvalue weighted by atomic mass is 32.2. The van der Waals surface area contributed by atoms with E-state index in [9.17, 15) is 40.7 Å². The minimum absolute atomic E-state index is 0.142. The Bertz CT molecular complexity index is 1200. The van der Waals surface area contributed by atoms with Gasteiger partial charge in [-0.15, -0.1) is 0 Å². The topological polar surface area (TPSA) is 113 Å². The third-order valence-corrected chi connectivity index (χ3v) is 7.45. The molecule has 1 aromatic carbocycles. The van der Waals surface area contributed by atoms with E-state index < -0.39 is 80.8 Å². The van der Waals surface area contributed by atoms with Crippen LogP contribution in [0.1, 0.15) is 43.5 Å². The number of allylic oxidation sites excluding steroid dienone is 2. The molecule has 13 heteroatoms. The summed E-state index contributed by atoms with van der Waals surface area (Å²) in [5, 5.41) is 12.4. The van der Waals surface area contributed by atoms with Crippen LogP contribution in [0.4, 0.5) is 17.6 Å². The number of aliphatic hydroxyl groups excluding tert-OH is 1. The number of halogens is 4. The summed E-state index contributed by atoms with van der Waals surface area (Å²) in [7, 11) is -4.61. The van der Waals surface area contributed by atoms with Crippen LogP contribution >= 0.6 is 0 Å². The van der Waals surface area contributed by atoms with Crippen LogP contribution in [-0.4, -0.2) is 60.5 Å². The summed E-state index contributed by atoms with van der Waals surface area (Å²) in [5.74, 6) is -7.40. The molecule has 1 heterocycles. The van der Waals surface area contributed by atoms with Crippen molar-refractivity contribution in [3.8, 4) is 0 Å². The highest BCUT2D eigenvalue weighted by Gasteiger charge is 2.37. The molecule has 3 atom stereocenters. The molecule has 0 aromatic heterocycles. The summed E-state index contributed by atoms with van der Waals surface area (Å²) in [6.07, 6.45) is -1.65. The van der Waals surface area contributed by atoms with Gasteiger partial charge in [0, 0.05) is 25.5 Å². The minimum Gasteiger partial charge on any atom is -0.461 e. The van der Waals surface area contributed by atoms with Crippen molar-refractivity contribution in [1.29, 1.82) is 0 Å². The molecule has 0 bridgehead atoms. The molecule has 2 aliphatic rings. The first-order chi connectivity index (χ1) is 16.2. The fourth-order valence-corrected chi connectivity index (χ4v) is 5.54. The molecule has 0 saturated carbocycles. The number of carbonyl (C=O) groups is 2. The largest absolute Gasteiger partial charge is 0.461 e. The van der Waals surface area contributed by atoms with Crippen LogP contribution < -0.4 is 5.32 Å². The number of esters is 1. The van der Waals surface area contributed by atoms with Gasteiger partial charge in [0.15, 0.2) is 11.7 Å². The molecule has 1 aliphatic heterocycles. The Kier molecular flexibility index (Phi) is 7.72. The van der Waals surface area contributed by atoms with Crippen LogP contribution in [0.2, 0.25) is 0 Å². The molecule has 3 rings (SSSR count). The van der Waals surface area contributed by atoms with E-state index in [0.29, 0.717) is 6.08 Å². The van der Waals surface area contributed by atoms with E-state index in [2.05, 4.69) is 5.32 Å². The molecular weight excluding hydrogens is 496 g/mol. The number of carbonyl (C=O) groups excluding carboxylic acids is 2. The maximum Gasteiger partial charge on any atom is 0.302 e. The lowest BCUT2D eigenvalue weighted by molar-refractivity contribution is -0.146. The van der Waals surface area contributed by atoms with Crippen molar-refractivity contribution >= 4 is 21.9 Å². The first kappa shape index (κ1) is 26.8. The van der Waals surface area contributed by atoms with E-state index in [4.69, 9.17) is 4.74 Å². The molecular formula is C22H24F4N2O6S. The highest BCUT2D eigenvalue weighted by molar-refractivity contribution is 7.89. The quantitative estimate of drug-likeness (QED) is 0.456. The number of hydrogen-bond donors (Lipinski definition) is 2. The molecule has 1 saturated heterocycles. The Morgan fingerprint density at radius 2 is 1.86 bits per heavy atom. The SMILES string of the molecule is CC(=O)O[C@@H]1CC[C@H](O)CN(S(=O)(=O)c2cc(C(=O)NC3(C)C=C(F)C(F)=C(F)C3)ccc2F)C1. The maximum atomic E-state index is 14.6. The zero-order chi connectivity index (χ0) is 26.1. The Morgan fingerprint density at radius 3 is 2.49 bits per heavy atom. The Hall–Kier alpha value is -2.77. The van der Waals surface area contributed by atoms with Gasteiger partial charge in [0.05, 0.1) is 18.2 Å². The van der Waals surface area contributed by atoms with Crippen LogP contribution in [0.3, 0.4) is 0 Å². The third-order valence-electron chi connectivity index (χ3n) is 5.60.